The summed E-state index contributed by atoms with van der Waals surface area (Å²) in [6.07, 6.45) is 7.29. The number of amides is 2. The Morgan fingerprint density at radius 1 is 0.865 bits per heavy atom. The molecular formula is C30H39N3O4. The quantitative estimate of drug-likeness (QED) is 0.608. The standard InChI is InChI=1S/C30H39N3O4/c1-36-27-12-9-21(15-28(27)37-2)18-32-19-24(16-25(20-32)30(35)33-13-4-3-5-14-33)29(34)31-26-11-10-22-7-6-8-23(22)17-26/h9-12,15,17,24-25H,3-8,13-14,16,18-20H2,1-2H3,(H,31,34)/t24-,25+/m1/s1. The van der Waals surface area contributed by atoms with Crippen molar-refractivity contribution in [3.05, 3.63) is 53.1 Å². The van der Waals surface area contributed by atoms with Gasteiger partial charge in [0.1, 0.15) is 0 Å². The maximum Gasteiger partial charge on any atom is 0.228 e. The van der Waals surface area contributed by atoms with E-state index in [9.17, 15) is 9.59 Å². The summed E-state index contributed by atoms with van der Waals surface area (Å²) in [5.74, 6) is 1.15. The summed E-state index contributed by atoms with van der Waals surface area (Å²) in [5, 5.41) is 3.17. The lowest BCUT2D eigenvalue weighted by Gasteiger charge is -2.39. The van der Waals surface area contributed by atoms with Crippen molar-refractivity contribution >= 4 is 17.5 Å². The Bertz CT molecular complexity index is 1130. The van der Waals surface area contributed by atoms with E-state index in [2.05, 4.69) is 22.3 Å². The van der Waals surface area contributed by atoms with Crippen LogP contribution in [0.2, 0.25) is 0 Å². The van der Waals surface area contributed by atoms with Crippen molar-refractivity contribution in [2.75, 3.05) is 45.7 Å². The highest BCUT2D eigenvalue weighted by Crippen LogP contribution is 2.31. The number of carbonyl (C=O) groups excluding carboxylic acids is 2. The predicted octanol–water partition coefficient (Wildman–Crippen LogP) is 4.28. The van der Waals surface area contributed by atoms with E-state index in [1.54, 1.807) is 14.2 Å². The minimum Gasteiger partial charge on any atom is -0.493 e. The monoisotopic (exact) mass is 505 g/mol. The number of nitrogens with zero attached hydrogens (tertiary/aromatic N) is 2. The summed E-state index contributed by atoms with van der Waals surface area (Å²) in [6.45, 7) is 3.59. The molecule has 1 N–H and O–H groups in total. The number of piperidine rings is 2. The fourth-order valence-electron chi connectivity index (χ4n) is 6.19. The largest absolute Gasteiger partial charge is 0.493 e. The van der Waals surface area contributed by atoms with E-state index in [-0.39, 0.29) is 23.7 Å². The van der Waals surface area contributed by atoms with E-state index < -0.39 is 0 Å². The van der Waals surface area contributed by atoms with Crippen LogP contribution in [0.25, 0.3) is 0 Å². The fraction of sp³-hybridized carbons (Fsp3) is 0.533. The first-order valence-corrected chi connectivity index (χ1v) is 13.7. The fourth-order valence-corrected chi connectivity index (χ4v) is 6.19. The molecule has 1 aliphatic carbocycles. The second-order valence-electron chi connectivity index (χ2n) is 10.7. The lowest BCUT2D eigenvalue weighted by molar-refractivity contribution is -0.140. The van der Waals surface area contributed by atoms with Crippen molar-refractivity contribution in [2.45, 2.75) is 51.5 Å². The maximum atomic E-state index is 13.5. The number of aryl methyl sites for hydroxylation is 2. The molecule has 2 amide bonds. The van der Waals surface area contributed by atoms with Gasteiger partial charge in [0.2, 0.25) is 11.8 Å². The number of nitrogens with one attached hydrogen (secondary N) is 1. The zero-order chi connectivity index (χ0) is 25.8. The van der Waals surface area contributed by atoms with Crippen LogP contribution in [-0.2, 0) is 29.0 Å². The first kappa shape index (κ1) is 25.6. The van der Waals surface area contributed by atoms with Gasteiger partial charge in [-0.25, -0.2) is 0 Å². The van der Waals surface area contributed by atoms with Crippen LogP contribution in [0.5, 0.6) is 11.5 Å². The van der Waals surface area contributed by atoms with Gasteiger partial charge in [-0.2, -0.15) is 0 Å². The second-order valence-corrected chi connectivity index (χ2v) is 10.7. The van der Waals surface area contributed by atoms with Crippen LogP contribution in [0, 0.1) is 11.8 Å². The minimum absolute atomic E-state index is 0.00593. The number of fused-ring (bicyclic) bond motifs is 1. The average Bonchev–Trinajstić information content (AvgIpc) is 3.41. The van der Waals surface area contributed by atoms with Crippen molar-refractivity contribution in [3.63, 3.8) is 0 Å². The van der Waals surface area contributed by atoms with E-state index in [4.69, 9.17) is 9.47 Å². The smallest absolute Gasteiger partial charge is 0.228 e. The van der Waals surface area contributed by atoms with Gasteiger partial charge in [-0.3, -0.25) is 14.5 Å². The molecule has 5 rings (SSSR count). The SMILES string of the molecule is COc1ccc(CN2C[C@H](C(=O)Nc3ccc4c(c3)CCC4)C[C@H](C(=O)N3CCCCC3)C2)cc1OC. The van der Waals surface area contributed by atoms with Crippen molar-refractivity contribution in [1.29, 1.82) is 0 Å². The van der Waals surface area contributed by atoms with E-state index in [1.165, 1.54) is 24.0 Å². The Hall–Kier alpha value is -3.06. The highest BCUT2D eigenvalue weighted by Gasteiger charge is 2.37. The van der Waals surface area contributed by atoms with Gasteiger partial charge < -0.3 is 19.7 Å². The third-order valence-corrected chi connectivity index (χ3v) is 8.13. The highest BCUT2D eigenvalue weighted by molar-refractivity contribution is 5.93. The molecule has 2 aromatic carbocycles. The molecule has 198 valence electrons. The number of benzene rings is 2. The summed E-state index contributed by atoms with van der Waals surface area (Å²) >= 11 is 0. The minimum atomic E-state index is -0.249. The molecule has 0 unspecified atom stereocenters. The maximum absolute atomic E-state index is 13.5. The van der Waals surface area contributed by atoms with Crippen LogP contribution in [0.3, 0.4) is 0 Å². The van der Waals surface area contributed by atoms with Crippen LogP contribution in [-0.4, -0.2) is 62.0 Å². The Morgan fingerprint density at radius 3 is 2.41 bits per heavy atom. The zero-order valence-corrected chi connectivity index (χ0v) is 22.1. The number of ether oxygens (including phenoxy) is 2. The summed E-state index contributed by atoms with van der Waals surface area (Å²) in [4.78, 5) is 31.3. The lowest BCUT2D eigenvalue weighted by Crippen LogP contribution is -2.50. The van der Waals surface area contributed by atoms with E-state index in [0.29, 0.717) is 37.6 Å². The van der Waals surface area contributed by atoms with Gasteiger partial charge >= 0.3 is 0 Å². The molecule has 7 heteroatoms. The molecule has 0 radical (unpaired) electrons. The molecule has 2 heterocycles. The summed E-state index contributed by atoms with van der Waals surface area (Å²) in [5.41, 5.74) is 4.67. The normalized spacial score (nSPS) is 21.8. The molecular weight excluding hydrogens is 466 g/mol. The number of likely N-dealkylation sites (tertiary alicyclic amines) is 2. The Kier molecular flexibility index (Phi) is 7.99. The molecule has 2 aromatic rings. The van der Waals surface area contributed by atoms with Gasteiger partial charge in [0.05, 0.1) is 26.1 Å². The van der Waals surface area contributed by atoms with Crippen molar-refractivity contribution in [3.8, 4) is 11.5 Å². The second kappa shape index (κ2) is 11.5. The molecule has 0 spiro atoms. The summed E-state index contributed by atoms with van der Waals surface area (Å²) in [6, 6.07) is 12.2. The molecule has 2 atom stereocenters. The number of anilines is 1. The van der Waals surface area contributed by atoms with Crippen molar-refractivity contribution in [2.24, 2.45) is 11.8 Å². The van der Waals surface area contributed by atoms with Gasteiger partial charge in [0.25, 0.3) is 0 Å². The zero-order valence-electron chi connectivity index (χ0n) is 22.1. The summed E-state index contributed by atoms with van der Waals surface area (Å²) < 4.78 is 10.9. The van der Waals surface area contributed by atoms with E-state index in [1.807, 2.05) is 29.2 Å². The molecule has 0 bridgehead atoms. The molecule has 2 saturated heterocycles. The topological polar surface area (TPSA) is 71.1 Å². The highest BCUT2D eigenvalue weighted by atomic mass is 16.5. The predicted molar refractivity (Wildman–Crippen MR) is 144 cm³/mol. The van der Waals surface area contributed by atoms with Gasteiger partial charge in [-0.1, -0.05) is 12.1 Å². The van der Waals surface area contributed by atoms with Crippen LogP contribution >= 0.6 is 0 Å². The summed E-state index contributed by atoms with van der Waals surface area (Å²) in [7, 11) is 3.26. The molecule has 2 aliphatic heterocycles. The number of hydrogen-bond acceptors (Lipinski definition) is 5. The van der Waals surface area contributed by atoms with Gasteiger partial charge in [0, 0.05) is 38.4 Å². The number of rotatable bonds is 7. The van der Waals surface area contributed by atoms with Gasteiger partial charge in [-0.15, -0.1) is 0 Å². The third-order valence-electron chi connectivity index (χ3n) is 8.13. The lowest BCUT2D eigenvalue weighted by atomic mass is 9.86. The van der Waals surface area contributed by atoms with Crippen LogP contribution < -0.4 is 14.8 Å². The van der Waals surface area contributed by atoms with Crippen LogP contribution in [0.4, 0.5) is 5.69 Å². The van der Waals surface area contributed by atoms with E-state index >= 15 is 0 Å². The molecule has 37 heavy (non-hydrogen) atoms. The van der Waals surface area contributed by atoms with Gasteiger partial charge in [0.15, 0.2) is 11.5 Å². The molecule has 7 nitrogen and oxygen atoms in total. The van der Waals surface area contributed by atoms with Crippen molar-refractivity contribution in [1.82, 2.24) is 9.80 Å². The Morgan fingerprint density at radius 2 is 1.62 bits per heavy atom. The van der Waals surface area contributed by atoms with Crippen LogP contribution in [0.1, 0.15) is 48.8 Å². The third kappa shape index (κ3) is 5.93. The van der Waals surface area contributed by atoms with Crippen LogP contribution in [0.15, 0.2) is 36.4 Å². The first-order valence-electron chi connectivity index (χ1n) is 13.7. The Labute approximate surface area is 220 Å². The molecule has 0 saturated carbocycles. The Balaban J connectivity index is 1.33. The number of carbonyl (C=O) groups is 2. The number of hydrogen-bond donors (Lipinski definition) is 1. The van der Waals surface area contributed by atoms with Crippen molar-refractivity contribution < 1.29 is 19.1 Å². The van der Waals surface area contributed by atoms with Gasteiger partial charge in [-0.05, 0) is 85.9 Å². The number of methoxy groups -OCH3 is 2. The first-order chi connectivity index (χ1) is 18.0. The molecule has 0 aromatic heterocycles. The molecule has 3 aliphatic rings. The average molecular weight is 506 g/mol. The van der Waals surface area contributed by atoms with E-state index in [0.717, 1.165) is 50.0 Å². The molecule has 2 fully saturated rings.